The molecule has 2 amide bonds. The SMILES string of the molecule is CC(=O)N1CCN(C(=O)Cc2cc(C(C)(C)C)ccc2C)CC1. The monoisotopic (exact) mass is 316 g/mol. The summed E-state index contributed by atoms with van der Waals surface area (Å²) in [6.07, 6.45) is 0.440. The molecule has 0 atom stereocenters. The number of benzene rings is 1. The molecule has 0 bridgehead atoms. The van der Waals surface area contributed by atoms with Gasteiger partial charge in [-0.15, -0.1) is 0 Å². The molecule has 0 N–H and O–H groups in total. The quantitative estimate of drug-likeness (QED) is 0.841. The van der Waals surface area contributed by atoms with Crippen molar-refractivity contribution in [2.45, 2.75) is 46.5 Å². The fraction of sp³-hybridized carbons (Fsp3) is 0.579. The van der Waals surface area contributed by atoms with Gasteiger partial charge < -0.3 is 9.80 Å². The summed E-state index contributed by atoms with van der Waals surface area (Å²) in [5, 5.41) is 0. The van der Waals surface area contributed by atoms with E-state index in [0.717, 1.165) is 11.1 Å². The van der Waals surface area contributed by atoms with E-state index < -0.39 is 0 Å². The Morgan fingerprint density at radius 2 is 1.61 bits per heavy atom. The van der Waals surface area contributed by atoms with Crippen molar-refractivity contribution in [3.05, 3.63) is 34.9 Å². The van der Waals surface area contributed by atoms with Crippen LogP contribution in [-0.2, 0) is 21.4 Å². The highest BCUT2D eigenvalue weighted by Gasteiger charge is 2.23. The standard InChI is InChI=1S/C19H28N2O2/c1-14-6-7-17(19(3,4)5)12-16(14)13-18(23)21-10-8-20(9-11-21)15(2)22/h6-7,12H,8-11,13H2,1-5H3. The predicted octanol–water partition coefficient (Wildman–Crippen LogP) is 2.53. The number of carbonyl (C=O) groups excluding carboxylic acids is 2. The highest BCUT2D eigenvalue weighted by atomic mass is 16.2. The molecule has 2 rings (SSSR count). The largest absolute Gasteiger partial charge is 0.339 e. The fourth-order valence-corrected chi connectivity index (χ4v) is 2.87. The zero-order chi connectivity index (χ0) is 17.2. The molecular formula is C19H28N2O2. The summed E-state index contributed by atoms with van der Waals surface area (Å²) in [6.45, 7) is 12.7. The molecule has 1 aromatic rings. The molecule has 126 valence electrons. The summed E-state index contributed by atoms with van der Waals surface area (Å²) in [6, 6.07) is 6.42. The average Bonchev–Trinajstić information content (AvgIpc) is 2.48. The van der Waals surface area contributed by atoms with Gasteiger partial charge in [-0.1, -0.05) is 39.0 Å². The Balaban J connectivity index is 2.05. The number of hydrogen-bond donors (Lipinski definition) is 0. The van der Waals surface area contributed by atoms with Crippen LogP contribution in [0.15, 0.2) is 18.2 Å². The first-order valence-electron chi connectivity index (χ1n) is 8.32. The Labute approximate surface area is 139 Å². The Bertz CT molecular complexity index is 594. The molecule has 4 heteroatoms. The number of amides is 2. The van der Waals surface area contributed by atoms with Crippen LogP contribution in [0.5, 0.6) is 0 Å². The van der Waals surface area contributed by atoms with Gasteiger partial charge in [-0.25, -0.2) is 0 Å². The predicted molar refractivity (Wildman–Crippen MR) is 92.4 cm³/mol. The molecule has 0 aliphatic carbocycles. The maximum atomic E-state index is 12.6. The van der Waals surface area contributed by atoms with Crippen LogP contribution in [0, 0.1) is 6.92 Å². The Morgan fingerprint density at radius 1 is 1.04 bits per heavy atom. The summed E-state index contributed by atoms with van der Waals surface area (Å²) in [4.78, 5) is 27.6. The zero-order valence-electron chi connectivity index (χ0n) is 15.0. The van der Waals surface area contributed by atoms with Crippen LogP contribution in [0.1, 0.15) is 44.4 Å². The van der Waals surface area contributed by atoms with Gasteiger partial charge in [-0.3, -0.25) is 9.59 Å². The number of aryl methyl sites for hydroxylation is 1. The molecule has 1 fully saturated rings. The number of hydrogen-bond acceptors (Lipinski definition) is 2. The van der Waals surface area contributed by atoms with E-state index in [9.17, 15) is 9.59 Å². The first-order valence-corrected chi connectivity index (χ1v) is 8.32. The van der Waals surface area contributed by atoms with Gasteiger partial charge >= 0.3 is 0 Å². The molecule has 23 heavy (non-hydrogen) atoms. The van der Waals surface area contributed by atoms with E-state index in [-0.39, 0.29) is 17.2 Å². The van der Waals surface area contributed by atoms with Gasteiger partial charge in [0.1, 0.15) is 0 Å². The highest BCUT2D eigenvalue weighted by molar-refractivity contribution is 5.80. The topological polar surface area (TPSA) is 40.6 Å². The Hall–Kier alpha value is -1.84. The number of carbonyl (C=O) groups is 2. The molecule has 4 nitrogen and oxygen atoms in total. The summed E-state index contributed by atoms with van der Waals surface area (Å²) in [5.41, 5.74) is 3.61. The lowest BCUT2D eigenvalue weighted by atomic mass is 9.85. The smallest absolute Gasteiger partial charge is 0.227 e. The molecule has 0 aromatic heterocycles. The van der Waals surface area contributed by atoms with E-state index in [4.69, 9.17) is 0 Å². The van der Waals surface area contributed by atoms with Gasteiger partial charge in [-0.05, 0) is 29.0 Å². The van der Waals surface area contributed by atoms with Gasteiger partial charge in [0.25, 0.3) is 0 Å². The first-order chi connectivity index (χ1) is 10.7. The number of piperazine rings is 1. The van der Waals surface area contributed by atoms with Crippen molar-refractivity contribution in [1.29, 1.82) is 0 Å². The zero-order valence-corrected chi connectivity index (χ0v) is 15.0. The van der Waals surface area contributed by atoms with E-state index >= 15 is 0 Å². The molecule has 1 saturated heterocycles. The minimum Gasteiger partial charge on any atom is -0.339 e. The van der Waals surface area contributed by atoms with Gasteiger partial charge in [0.15, 0.2) is 0 Å². The average molecular weight is 316 g/mol. The second-order valence-electron chi connectivity index (χ2n) is 7.45. The lowest BCUT2D eigenvalue weighted by Crippen LogP contribution is -2.50. The van der Waals surface area contributed by atoms with Crippen LogP contribution in [0.3, 0.4) is 0 Å². The molecule has 1 heterocycles. The molecule has 1 aliphatic rings. The molecule has 0 spiro atoms. The lowest BCUT2D eigenvalue weighted by Gasteiger charge is -2.34. The third-order valence-corrected chi connectivity index (χ3v) is 4.63. The normalized spacial score (nSPS) is 15.7. The Kier molecular flexibility index (Phi) is 5.12. The van der Waals surface area contributed by atoms with Crippen LogP contribution < -0.4 is 0 Å². The lowest BCUT2D eigenvalue weighted by molar-refractivity contribution is -0.138. The summed E-state index contributed by atoms with van der Waals surface area (Å²) in [5.74, 6) is 0.244. The highest BCUT2D eigenvalue weighted by Crippen LogP contribution is 2.25. The van der Waals surface area contributed by atoms with Gasteiger partial charge in [-0.2, -0.15) is 0 Å². The van der Waals surface area contributed by atoms with Gasteiger partial charge in [0.2, 0.25) is 11.8 Å². The van der Waals surface area contributed by atoms with Crippen molar-refractivity contribution in [2.75, 3.05) is 26.2 Å². The molecule has 1 aliphatic heterocycles. The Morgan fingerprint density at radius 3 is 2.13 bits per heavy atom. The minimum atomic E-state index is 0.0820. The van der Waals surface area contributed by atoms with E-state index in [1.54, 1.807) is 11.8 Å². The third-order valence-electron chi connectivity index (χ3n) is 4.63. The van der Waals surface area contributed by atoms with Gasteiger partial charge in [0.05, 0.1) is 6.42 Å². The summed E-state index contributed by atoms with van der Waals surface area (Å²) >= 11 is 0. The second kappa shape index (κ2) is 6.73. The van der Waals surface area contributed by atoms with Crippen molar-refractivity contribution in [3.63, 3.8) is 0 Å². The molecule has 1 aromatic carbocycles. The van der Waals surface area contributed by atoms with Crippen molar-refractivity contribution in [3.8, 4) is 0 Å². The summed E-state index contributed by atoms with van der Waals surface area (Å²) < 4.78 is 0. The van der Waals surface area contributed by atoms with Crippen LogP contribution in [-0.4, -0.2) is 47.8 Å². The van der Waals surface area contributed by atoms with E-state index in [0.29, 0.717) is 32.6 Å². The van der Waals surface area contributed by atoms with Crippen LogP contribution in [0.4, 0.5) is 0 Å². The fourth-order valence-electron chi connectivity index (χ4n) is 2.87. The van der Waals surface area contributed by atoms with E-state index in [2.05, 4.69) is 45.9 Å². The van der Waals surface area contributed by atoms with Crippen molar-refractivity contribution < 1.29 is 9.59 Å². The minimum absolute atomic E-state index is 0.0820. The molecule has 0 radical (unpaired) electrons. The van der Waals surface area contributed by atoms with Crippen molar-refractivity contribution >= 4 is 11.8 Å². The summed E-state index contributed by atoms with van der Waals surface area (Å²) in [7, 11) is 0. The number of nitrogens with zero attached hydrogens (tertiary/aromatic N) is 2. The second-order valence-corrected chi connectivity index (χ2v) is 7.45. The van der Waals surface area contributed by atoms with Crippen molar-refractivity contribution in [1.82, 2.24) is 9.80 Å². The maximum Gasteiger partial charge on any atom is 0.227 e. The van der Waals surface area contributed by atoms with Crippen molar-refractivity contribution in [2.24, 2.45) is 0 Å². The third kappa shape index (κ3) is 4.34. The first kappa shape index (κ1) is 17.5. The van der Waals surface area contributed by atoms with Crippen LogP contribution in [0.25, 0.3) is 0 Å². The number of rotatable bonds is 2. The molecule has 0 unspecified atom stereocenters. The maximum absolute atomic E-state index is 12.6. The van der Waals surface area contributed by atoms with E-state index in [1.807, 2.05) is 4.90 Å². The van der Waals surface area contributed by atoms with Crippen LogP contribution >= 0.6 is 0 Å². The molecule has 0 saturated carbocycles. The van der Waals surface area contributed by atoms with E-state index in [1.165, 1.54) is 5.56 Å². The van der Waals surface area contributed by atoms with Gasteiger partial charge in [0, 0.05) is 33.1 Å². The molecular weight excluding hydrogens is 288 g/mol. The van der Waals surface area contributed by atoms with Crippen LogP contribution in [0.2, 0.25) is 0 Å².